The van der Waals surface area contributed by atoms with E-state index in [0.717, 1.165) is 57.1 Å². The van der Waals surface area contributed by atoms with Crippen molar-refractivity contribution in [3.63, 3.8) is 0 Å². The molecule has 0 bridgehead atoms. The lowest BCUT2D eigenvalue weighted by molar-refractivity contribution is -0.126. The number of ether oxygens (including phenoxy) is 1. The molecule has 0 aliphatic carbocycles. The summed E-state index contributed by atoms with van der Waals surface area (Å²) in [6.45, 7) is 10.3. The summed E-state index contributed by atoms with van der Waals surface area (Å²) < 4.78 is 6.30. The summed E-state index contributed by atoms with van der Waals surface area (Å²) >= 11 is 0. The summed E-state index contributed by atoms with van der Waals surface area (Å²) in [6, 6.07) is 14.0. The molecule has 3 aliphatic rings. The number of piperazine rings is 1. The Balaban J connectivity index is 1.30. The van der Waals surface area contributed by atoms with Gasteiger partial charge in [0.05, 0.1) is 12.2 Å². The third-order valence-corrected chi connectivity index (χ3v) is 8.73. The average molecular weight is 541 g/mol. The quantitative estimate of drug-likeness (QED) is 0.434. The van der Waals surface area contributed by atoms with Gasteiger partial charge in [-0.25, -0.2) is 0 Å². The molecule has 2 fully saturated rings. The van der Waals surface area contributed by atoms with Crippen LogP contribution < -0.4 is 14.5 Å². The molecule has 40 heavy (non-hydrogen) atoms. The molecule has 0 radical (unpaired) electrons. The third-order valence-electron chi connectivity index (χ3n) is 8.73. The molecular formula is C32H40N6O2. The van der Waals surface area contributed by atoms with E-state index in [0.29, 0.717) is 31.7 Å². The molecule has 3 aromatic rings. The van der Waals surface area contributed by atoms with Crippen molar-refractivity contribution in [2.24, 2.45) is 0 Å². The number of hydrogen-bond donors (Lipinski definition) is 0. The van der Waals surface area contributed by atoms with E-state index in [9.17, 15) is 4.79 Å². The fraction of sp³-hybridized carbons (Fsp3) is 0.469. The second-order valence-corrected chi connectivity index (χ2v) is 11.3. The van der Waals surface area contributed by atoms with Gasteiger partial charge in [0.25, 0.3) is 0 Å². The maximum absolute atomic E-state index is 12.4. The van der Waals surface area contributed by atoms with E-state index in [1.54, 1.807) is 6.08 Å². The lowest BCUT2D eigenvalue weighted by Gasteiger charge is -2.38. The minimum atomic E-state index is 0.0811. The van der Waals surface area contributed by atoms with Gasteiger partial charge in [0.15, 0.2) is 0 Å². The molecule has 2 aromatic carbocycles. The molecule has 8 nitrogen and oxygen atoms in total. The summed E-state index contributed by atoms with van der Waals surface area (Å²) in [5.74, 6) is 1.06. The van der Waals surface area contributed by atoms with Crippen LogP contribution in [0.2, 0.25) is 0 Å². The predicted molar refractivity (Wildman–Crippen MR) is 160 cm³/mol. The van der Waals surface area contributed by atoms with Gasteiger partial charge in [-0.15, -0.1) is 0 Å². The van der Waals surface area contributed by atoms with Crippen LogP contribution in [-0.4, -0.2) is 84.6 Å². The zero-order valence-corrected chi connectivity index (χ0v) is 24.0. The number of nitrogens with zero attached hydrogens (tertiary/aromatic N) is 6. The number of hydrogen-bond acceptors (Lipinski definition) is 7. The van der Waals surface area contributed by atoms with Gasteiger partial charge >= 0.3 is 6.01 Å². The highest BCUT2D eigenvalue weighted by Crippen LogP contribution is 2.35. The molecular weight excluding hydrogens is 500 g/mol. The number of rotatable bonds is 6. The lowest BCUT2D eigenvalue weighted by Crippen LogP contribution is -2.49. The molecule has 0 unspecified atom stereocenters. The van der Waals surface area contributed by atoms with E-state index in [1.807, 2.05) is 17.9 Å². The molecule has 0 N–H and O–H groups in total. The number of carbonyl (C=O) groups excluding carboxylic acids is 1. The van der Waals surface area contributed by atoms with Crippen LogP contribution in [0.4, 0.5) is 11.5 Å². The maximum atomic E-state index is 12.4. The van der Waals surface area contributed by atoms with E-state index in [4.69, 9.17) is 14.7 Å². The molecule has 2 saturated heterocycles. The van der Waals surface area contributed by atoms with Crippen LogP contribution in [0.3, 0.4) is 0 Å². The number of allylic oxidation sites excluding steroid dienone is 1. The van der Waals surface area contributed by atoms with Crippen molar-refractivity contribution in [3.8, 4) is 6.01 Å². The molecule has 0 saturated carbocycles. The van der Waals surface area contributed by atoms with Crippen LogP contribution in [0.25, 0.3) is 10.8 Å². The van der Waals surface area contributed by atoms with Crippen molar-refractivity contribution in [2.45, 2.75) is 45.7 Å². The van der Waals surface area contributed by atoms with Crippen LogP contribution in [0.15, 0.2) is 48.6 Å². The highest BCUT2D eigenvalue weighted by molar-refractivity contribution is 5.97. The first-order chi connectivity index (χ1) is 19.5. The van der Waals surface area contributed by atoms with Gasteiger partial charge in [-0.1, -0.05) is 36.4 Å². The number of benzene rings is 2. The molecule has 210 valence electrons. The van der Waals surface area contributed by atoms with Gasteiger partial charge in [-0.3, -0.25) is 4.79 Å². The number of carbonyl (C=O) groups is 1. The van der Waals surface area contributed by atoms with Crippen LogP contribution in [-0.2, 0) is 17.8 Å². The van der Waals surface area contributed by atoms with Crippen molar-refractivity contribution >= 4 is 28.2 Å². The molecule has 1 atom stereocenters. The summed E-state index contributed by atoms with van der Waals surface area (Å²) in [7, 11) is 2.17. The number of aryl methyl sites for hydroxylation is 1. The van der Waals surface area contributed by atoms with Gasteiger partial charge in [0.2, 0.25) is 5.91 Å². The number of aromatic nitrogens is 2. The molecule has 4 heterocycles. The standard InChI is InChI=1S/C32H40N6O2/c1-4-8-29(39)36-17-19-37(20-18-36)31-26-14-16-38(28-13-6-11-24-10-5-9-23(2)30(24)28)21-27(26)33-32(34-31)40-22-25-12-7-15-35(25)3/h4-6,8-11,13,25H,7,12,14-22H2,1-3H3/b8-4+/t25-/m0/s1. The highest BCUT2D eigenvalue weighted by atomic mass is 16.5. The van der Waals surface area contributed by atoms with E-state index < -0.39 is 0 Å². The van der Waals surface area contributed by atoms with Crippen LogP contribution in [0.1, 0.15) is 36.6 Å². The Labute approximate surface area is 237 Å². The monoisotopic (exact) mass is 540 g/mol. The lowest BCUT2D eigenvalue weighted by atomic mass is 9.99. The largest absolute Gasteiger partial charge is 0.462 e. The fourth-order valence-corrected chi connectivity index (χ4v) is 6.44. The normalized spacial score (nSPS) is 20.0. The topological polar surface area (TPSA) is 65.0 Å². The van der Waals surface area contributed by atoms with Crippen molar-refractivity contribution in [2.75, 3.05) is 62.7 Å². The smallest absolute Gasteiger partial charge is 0.318 e. The molecule has 1 amide bonds. The van der Waals surface area contributed by atoms with Crippen LogP contribution in [0, 0.1) is 6.92 Å². The van der Waals surface area contributed by atoms with Crippen molar-refractivity contribution in [1.82, 2.24) is 19.8 Å². The second-order valence-electron chi connectivity index (χ2n) is 11.3. The Bertz CT molecular complexity index is 1410. The highest BCUT2D eigenvalue weighted by Gasteiger charge is 2.30. The summed E-state index contributed by atoms with van der Waals surface area (Å²) in [4.78, 5) is 31.5. The Kier molecular flexibility index (Phi) is 7.61. The van der Waals surface area contributed by atoms with Gasteiger partial charge in [0, 0.05) is 55.4 Å². The number of amides is 1. The van der Waals surface area contributed by atoms with Crippen LogP contribution >= 0.6 is 0 Å². The summed E-state index contributed by atoms with van der Waals surface area (Å²) in [5, 5.41) is 2.58. The van der Waals surface area contributed by atoms with Gasteiger partial charge in [-0.05, 0) is 69.8 Å². The van der Waals surface area contributed by atoms with Crippen molar-refractivity contribution < 1.29 is 9.53 Å². The summed E-state index contributed by atoms with van der Waals surface area (Å²) in [5.41, 5.74) is 4.81. The van der Waals surface area contributed by atoms with E-state index in [-0.39, 0.29) is 5.91 Å². The van der Waals surface area contributed by atoms with E-state index >= 15 is 0 Å². The maximum Gasteiger partial charge on any atom is 0.318 e. The number of fused-ring (bicyclic) bond motifs is 2. The second kappa shape index (κ2) is 11.5. The van der Waals surface area contributed by atoms with Crippen LogP contribution in [0.5, 0.6) is 6.01 Å². The Morgan fingerprint density at radius 2 is 1.82 bits per heavy atom. The van der Waals surface area contributed by atoms with E-state index in [2.05, 4.69) is 65.1 Å². The van der Waals surface area contributed by atoms with Gasteiger partial charge < -0.3 is 24.3 Å². The first kappa shape index (κ1) is 26.6. The van der Waals surface area contributed by atoms with Crippen molar-refractivity contribution in [1.29, 1.82) is 0 Å². The number of likely N-dealkylation sites (N-methyl/N-ethyl adjacent to an activating group) is 1. The zero-order valence-electron chi connectivity index (χ0n) is 24.0. The fourth-order valence-electron chi connectivity index (χ4n) is 6.44. The number of anilines is 2. The third kappa shape index (κ3) is 5.24. The van der Waals surface area contributed by atoms with Gasteiger partial charge in [-0.2, -0.15) is 9.97 Å². The zero-order chi connectivity index (χ0) is 27.6. The van der Waals surface area contributed by atoms with Gasteiger partial charge in [0.1, 0.15) is 12.4 Å². The Morgan fingerprint density at radius 1 is 1.02 bits per heavy atom. The molecule has 0 spiro atoms. The first-order valence-electron chi connectivity index (χ1n) is 14.6. The Hall–Kier alpha value is -3.65. The minimum Gasteiger partial charge on any atom is -0.462 e. The average Bonchev–Trinajstić information content (AvgIpc) is 3.39. The van der Waals surface area contributed by atoms with Crippen molar-refractivity contribution in [3.05, 3.63) is 65.4 Å². The number of likely N-dealkylation sites (tertiary alicyclic amines) is 1. The predicted octanol–water partition coefficient (Wildman–Crippen LogP) is 4.20. The first-order valence-corrected chi connectivity index (χ1v) is 14.6. The van der Waals surface area contributed by atoms with E-state index in [1.165, 1.54) is 34.0 Å². The molecule has 1 aromatic heterocycles. The SMILES string of the molecule is C/C=C/C(=O)N1CCN(c2nc(OC[C@@H]3CCCN3C)nc3c2CCN(c2cccc4cccc(C)c24)C3)CC1. The minimum absolute atomic E-state index is 0.0811. The Morgan fingerprint density at radius 3 is 2.58 bits per heavy atom. The molecule has 8 heteroatoms. The molecule has 3 aliphatic heterocycles. The molecule has 6 rings (SSSR count). The summed E-state index contributed by atoms with van der Waals surface area (Å²) in [6.07, 6.45) is 6.68.